The van der Waals surface area contributed by atoms with Crippen LogP contribution in [0.5, 0.6) is 0 Å². The average Bonchev–Trinajstić information content (AvgIpc) is 2.45. The molecule has 3 nitrogen and oxygen atoms in total. The average molecular weight is 210 g/mol. The second-order valence-corrected chi connectivity index (χ2v) is 4.38. The molecule has 84 valence electrons. The Labute approximate surface area is 90.4 Å². The van der Waals surface area contributed by atoms with Crippen molar-refractivity contribution in [2.45, 2.75) is 46.1 Å². The van der Waals surface area contributed by atoms with Gasteiger partial charge < -0.3 is 9.15 Å². The van der Waals surface area contributed by atoms with Crippen molar-refractivity contribution in [3.8, 4) is 0 Å². The van der Waals surface area contributed by atoms with E-state index in [-0.39, 0.29) is 5.97 Å². The van der Waals surface area contributed by atoms with Gasteiger partial charge in [-0.05, 0) is 38.8 Å². The third-order valence-corrected chi connectivity index (χ3v) is 2.34. The lowest BCUT2D eigenvalue weighted by molar-refractivity contribution is -0.154. The fraction of sp³-hybridized carbons (Fsp3) is 0.583. The molecule has 0 aliphatic heterocycles. The summed E-state index contributed by atoms with van der Waals surface area (Å²) < 4.78 is 10.5. The Morgan fingerprint density at radius 3 is 2.67 bits per heavy atom. The Morgan fingerprint density at radius 1 is 1.53 bits per heavy atom. The third kappa shape index (κ3) is 3.78. The monoisotopic (exact) mass is 210 g/mol. The van der Waals surface area contributed by atoms with Gasteiger partial charge in [0.15, 0.2) is 0 Å². The van der Waals surface area contributed by atoms with Crippen LogP contribution in [0.15, 0.2) is 16.7 Å². The number of furan rings is 1. The predicted molar refractivity (Wildman–Crippen MR) is 57.6 cm³/mol. The van der Waals surface area contributed by atoms with Gasteiger partial charge in [0.25, 0.3) is 0 Å². The summed E-state index contributed by atoms with van der Waals surface area (Å²) in [4.78, 5) is 10.8. The molecule has 0 N–H and O–H groups in total. The predicted octanol–water partition coefficient (Wildman–Crippen LogP) is 2.86. The maximum atomic E-state index is 10.8. The lowest BCUT2D eigenvalue weighted by Gasteiger charge is -2.23. The zero-order chi connectivity index (χ0) is 11.5. The van der Waals surface area contributed by atoms with Crippen LogP contribution in [0.25, 0.3) is 0 Å². The minimum atomic E-state index is -0.426. The minimum Gasteiger partial charge on any atom is -0.469 e. The van der Waals surface area contributed by atoms with Crippen molar-refractivity contribution in [2.24, 2.45) is 0 Å². The summed E-state index contributed by atoms with van der Waals surface area (Å²) in [7, 11) is 0. The molecule has 1 aromatic rings. The number of esters is 1. The van der Waals surface area contributed by atoms with Gasteiger partial charge in [-0.25, -0.2) is 0 Å². The number of hydrogen-bond acceptors (Lipinski definition) is 3. The van der Waals surface area contributed by atoms with Crippen molar-refractivity contribution < 1.29 is 13.9 Å². The Balaban J connectivity index is 2.49. The van der Waals surface area contributed by atoms with Crippen molar-refractivity contribution in [3.63, 3.8) is 0 Å². The van der Waals surface area contributed by atoms with E-state index in [2.05, 4.69) is 0 Å². The molecule has 0 aliphatic rings. The molecule has 0 atom stereocenters. The van der Waals surface area contributed by atoms with E-state index in [0.29, 0.717) is 0 Å². The van der Waals surface area contributed by atoms with Crippen LogP contribution >= 0.6 is 0 Å². The summed E-state index contributed by atoms with van der Waals surface area (Å²) >= 11 is 0. The first-order valence-electron chi connectivity index (χ1n) is 5.13. The highest BCUT2D eigenvalue weighted by molar-refractivity contribution is 5.66. The van der Waals surface area contributed by atoms with E-state index in [1.807, 2.05) is 26.8 Å². The van der Waals surface area contributed by atoms with Crippen molar-refractivity contribution >= 4 is 5.97 Å². The van der Waals surface area contributed by atoms with Gasteiger partial charge in [-0.3, -0.25) is 4.79 Å². The quantitative estimate of drug-likeness (QED) is 0.717. The summed E-state index contributed by atoms with van der Waals surface area (Å²) in [6, 6.07) is 1.94. The Hall–Kier alpha value is -1.25. The van der Waals surface area contributed by atoms with E-state index >= 15 is 0 Å². The first-order valence-corrected chi connectivity index (χ1v) is 5.13. The highest BCUT2D eigenvalue weighted by Crippen LogP contribution is 2.20. The molecular weight excluding hydrogens is 192 g/mol. The topological polar surface area (TPSA) is 39.4 Å². The van der Waals surface area contributed by atoms with E-state index in [4.69, 9.17) is 9.15 Å². The second kappa shape index (κ2) is 4.51. The van der Waals surface area contributed by atoms with Crippen LogP contribution in [-0.4, -0.2) is 11.6 Å². The standard InChI is InChI=1S/C12H18O3/c1-9-6-8-14-11(9)5-7-12(3,4)15-10(2)13/h6,8H,5,7H2,1-4H3. The number of carbonyl (C=O) groups is 1. The maximum absolute atomic E-state index is 10.8. The first kappa shape index (κ1) is 11.8. The molecular formula is C12H18O3. The molecule has 0 amide bonds. The molecule has 3 heteroatoms. The zero-order valence-electron chi connectivity index (χ0n) is 9.79. The van der Waals surface area contributed by atoms with Crippen LogP contribution in [0.3, 0.4) is 0 Å². The largest absolute Gasteiger partial charge is 0.469 e. The van der Waals surface area contributed by atoms with Gasteiger partial charge in [0.05, 0.1) is 6.26 Å². The van der Waals surface area contributed by atoms with Gasteiger partial charge in [-0.15, -0.1) is 0 Å². The Kier molecular flexibility index (Phi) is 3.56. The first-order chi connectivity index (χ1) is 6.91. The molecule has 1 heterocycles. The molecule has 15 heavy (non-hydrogen) atoms. The summed E-state index contributed by atoms with van der Waals surface area (Å²) in [5, 5.41) is 0. The molecule has 0 spiro atoms. The van der Waals surface area contributed by atoms with Crippen LogP contribution in [0.2, 0.25) is 0 Å². The van der Waals surface area contributed by atoms with Crippen LogP contribution in [0, 0.1) is 6.92 Å². The van der Waals surface area contributed by atoms with Gasteiger partial charge >= 0.3 is 5.97 Å². The fourth-order valence-electron chi connectivity index (χ4n) is 1.51. The Morgan fingerprint density at radius 2 is 2.20 bits per heavy atom. The van der Waals surface area contributed by atoms with Crippen LogP contribution in [0.4, 0.5) is 0 Å². The van der Waals surface area contributed by atoms with Crippen LogP contribution in [-0.2, 0) is 16.0 Å². The van der Waals surface area contributed by atoms with E-state index in [1.54, 1.807) is 6.26 Å². The molecule has 0 saturated carbocycles. The SMILES string of the molecule is CC(=O)OC(C)(C)CCc1occc1C. The molecule has 0 fully saturated rings. The molecule has 0 saturated heterocycles. The Bertz CT molecular complexity index is 336. The normalized spacial score (nSPS) is 11.5. The van der Waals surface area contributed by atoms with Crippen LogP contribution in [0.1, 0.15) is 38.5 Å². The van der Waals surface area contributed by atoms with Crippen molar-refractivity contribution in [1.29, 1.82) is 0 Å². The number of rotatable bonds is 4. The lowest BCUT2D eigenvalue weighted by atomic mass is 10.0. The highest BCUT2D eigenvalue weighted by Gasteiger charge is 2.21. The maximum Gasteiger partial charge on any atom is 0.303 e. The van der Waals surface area contributed by atoms with Gasteiger partial charge in [-0.2, -0.15) is 0 Å². The zero-order valence-corrected chi connectivity index (χ0v) is 9.79. The fourth-order valence-corrected chi connectivity index (χ4v) is 1.51. The number of ether oxygens (including phenoxy) is 1. The summed E-state index contributed by atoms with van der Waals surface area (Å²) in [6.45, 7) is 7.26. The second-order valence-electron chi connectivity index (χ2n) is 4.38. The van der Waals surface area contributed by atoms with Crippen molar-refractivity contribution in [3.05, 3.63) is 23.7 Å². The van der Waals surface area contributed by atoms with E-state index in [0.717, 1.165) is 24.2 Å². The third-order valence-electron chi connectivity index (χ3n) is 2.34. The lowest BCUT2D eigenvalue weighted by Crippen LogP contribution is -2.27. The van der Waals surface area contributed by atoms with Gasteiger partial charge in [0, 0.05) is 13.3 Å². The number of hydrogen-bond donors (Lipinski definition) is 0. The summed E-state index contributed by atoms with van der Waals surface area (Å²) in [6.07, 6.45) is 3.24. The van der Waals surface area contributed by atoms with Gasteiger partial charge in [0.2, 0.25) is 0 Å². The van der Waals surface area contributed by atoms with E-state index < -0.39 is 5.60 Å². The summed E-state index contributed by atoms with van der Waals surface area (Å²) in [5.74, 6) is 0.728. The van der Waals surface area contributed by atoms with Crippen molar-refractivity contribution in [1.82, 2.24) is 0 Å². The molecule has 1 aromatic heterocycles. The number of aryl methyl sites for hydroxylation is 2. The van der Waals surface area contributed by atoms with Crippen LogP contribution < -0.4 is 0 Å². The van der Waals surface area contributed by atoms with E-state index in [9.17, 15) is 4.79 Å². The smallest absolute Gasteiger partial charge is 0.303 e. The summed E-state index contributed by atoms with van der Waals surface area (Å²) in [5.41, 5.74) is 0.721. The van der Waals surface area contributed by atoms with Gasteiger partial charge in [-0.1, -0.05) is 0 Å². The van der Waals surface area contributed by atoms with E-state index in [1.165, 1.54) is 6.92 Å². The molecule has 0 radical (unpaired) electrons. The molecule has 0 aliphatic carbocycles. The molecule has 0 unspecified atom stereocenters. The minimum absolute atomic E-state index is 0.240. The van der Waals surface area contributed by atoms with Gasteiger partial charge in [0.1, 0.15) is 11.4 Å². The molecule has 0 bridgehead atoms. The number of carbonyl (C=O) groups excluding carboxylic acids is 1. The highest BCUT2D eigenvalue weighted by atomic mass is 16.6. The van der Waals surface area contributed by atoms with Crippen molar-refractivity contribution in [2.75, 3.05) is 0 Å². The molecule has 1 rings (SSSR count). The molecule has 0 aromatic carbocycles.